The molecule has 0 amide bonds. The molecule has 2 aromatic rings. The van der Waals surface area contributed by atoms with E-state index in [1.807, 2.05) is 0 Å². The molecular weight excluding hydrogens is 280 g/mol. The summed E-state index contributed by atoms with van der Waals surface area (Å²) in [6.45, 7) is 0.589. The molecule has 1 saturated carbocycles. The Morgan fingerprint density at radius 3 is 2.70 bits per heavy atom. The van der Waals surface area contributed by atoms with Crippen LogP contribution in [0.1, 0.15) is 29.7 Å². The van der Waals surface area contributed by atoms with Gasteiger partial charge in [0.1, 0.15) is 11.6 Å². The zero-order chi connectivity index (χ0) is 14.2. The molecule has 6 heteroatoms. The molecule has 3 nitrogen and oxygen atoms in total. The van der Waals surface area contributed by atoms with Crippen LogP contribution in [0.5, 0.6) is 0 Å². The summed E-state index contributed by atoms with van der Waals surface area (Å²) in [4.78, 5) is 5.01. The lowest BCUT2D eigenvalue weighted by Crippen LogP contribution is -2.48. The van der Waals surface area contributed by atoms with Gasteiger partial charge in [0.2, 0.25) is 0 Å². The van der Waals surface area contributed by atoms with E-state index >= 15 is 0 Å². The van der Waals surface area contributed by atoms with Crippen LogP contribution in [0.15, 0.2) is 24.4 Å². The van der Waals surface area contributed by atoms with Crippen LogP contribution in [-0.4, -0.2) is 4.98 Å². The van der Waals surface area contributed by atoms with E-state index in [9.17, 15) is 8.78 Å². The lowest BCUT2D eigenvalue weighted by atomic mass is 9.71. The lowest BCUT2D eigenvalue weighted by Gasteiger charge is -2.43. The van der Waals surface area contributed by atoms with Gasteiger partial charge < -0.3 is 11.1 Å². The van der Waals surface area contributed by atoms with Gasteiger partial charge in [-0.05, 0) is 25.3 Å². The number of halogens is 2. The van der Waals surface area contributed by atoms with Gasteiger partial charge in [0.15, 0.2) is 5.13 Å². The fourth-order valence-electron chi connectivity index (χ4n) is 2.61. The van der Waals surface area contributed by atoms with Crippen molar-refractivity contribution in [2.75, 3.05) is 5.73 Å². The Labute approximate surface area is 119 Å². The Hall–Kier alpha value is -1.53. The molecular formula is C14H15F2N3S. The highest BCUT2D eigenvalue weighted by Crippen LogP contribution is 2.42. The number of nitrogen functional groups attached to an aromatic ring is 1. The Morgan fingerprint density at radius 1 is 1.35 bits per heavy atom. The Bertz CT molecular complexity index is 623. The number of hydrogen-bond donors (Lipinski definition) is 2. The van der Waals surface area contributed by atoms with Crippen molar-refractivity contribution < 1.29 is 8.78 Å². The first-order chi connectivity index (χ1) is 9.59. The maximum absolute atomic E-state index is 14.0. The zero-order valence-electron chi connectivity index (χ0n) is 10.8. The minimum absolute atomic E-state index is 0.392. The zero-order valence-corrected chi connectivity index (χ0v) is 11.6. The summed E-state index contributed by atoms with van der Waals surface area (Å²) in [5.41, 5.74) is 5.75. The highest BCUT2D eigenvalue weighted by Gasteiger charge is 2.40. The molecule has 3 N–H and O–H groups in total. The molecule has 1 fully saturated rings. The predicted molar refractivity (Wildman–Crippen MR) is 75.3 cm³/mol. The quantitative estimate of drug-likeness (QED) is 0.911. The predicted octanol–water partition coefficient (Wildman–Crippen LogP) is 3.17. The molecule has 0 atom stereocenters. The van der Waals surface area contributed by atoms with E-state index in [0.29, 0.717) is 17.2 Å². The number of nitrogens with one attached hydrogen (secondary N) is 1. The van der Waals surface area contributed by atoms with Crippen LogP contribution in [0.4, 0.5) is 13.9 Å². The summed E-state index contributed by atoms with van der Waals surface area (Å²) in [6.07, 6.45) is 4.46. The molecule has 20 heavy (non-hydrogen) atoms. The maximum atomic E-state index is 14.0. The number of aromatic nitrogens is 1. The second kappa shape index (κ2) is 5.10. The number of thiazole rings is 1. The molecule has 106 valence electrons. The largest absolute Gasteiger partial charge is 0.375 e. The second-order valence-electron chi connectivity index (χ2n) is 5.08. The van der Waals surface area contributed by atoms with Gasteiger partial charge in [-0.2, -0.15) is 0 Å². The van der Waals surface area contributed by atoms with Crippen molar-refractivity contribution in [2.24, 2.45) is 0 Å². The summed E-state index contributed by atoms with van der Waals surface area (Å²) < 4.78 is 27.0. The third-order valence-corrected chi connectivity index (χ3v) is 4.65. The summed E-state index contributed by atoms with van der Waals surface area (Å²) >= 11 is 1.42. The molecule has 0 aliphatic heterocycles. The third kappa shape index (κ3) is 2.41. The number of hydrogen-bond acceptors (Lipinski definition) is 4. The number of nitrogens with zero attached hydrogens (tertiary/aromatic N) is 1. The smallest absolute Gasteiger partial charge is 0.180 e. The van der Waals surface area contributed by atoms with Gasteiger partial charge >= 0.3 is 0 Å². The summed E-state index contributed by atoms with van der Waals surface area (Å²) in [5.74, 6) is -1.03. The van der Waals surface area contributed by atoms with Crippen LogP contribution < -0.4 is 11.1 Å². The standard InChI is InChI=1S/C14H15F2N3S/c15-9-2-3-11(12(16)6-9)14(4-1-5-14)19-8-10-7-18-13(17)20-10/h2-3,6-7,19H,1,4-5,8H2,(H2,17,18). The van der Waals surface area contributed by atoms with E-state index in [0.717, 1.165) is 30.2 Å². The molecule has 1 aliphatic rings. The molecule has 0 bridgehead atoms. The van der Waals surface area contributed by atoms with Gasteiger partial charge in [0, 0.05) is 34.8 Å². The monoisotopic (exact) mass is 295 g/mol. The number of nitrogens with two attached hydrogens (primary N) is 1. The van der Waals surface area contributed by atoms with Crippen molar-refractivity contribution in [2.45, 2.75) is 31.3 Å². The van der Waals surface area contributed by atoms with Crippen molar-refractivity contribution in [3.63, 3.8) is 0 Å². The highest BCUT2D eigenvalue weighted by atomic mass is 32.1. The molecule has 1 heterocycles. The van der Waals surface area contributed by atoms with Crippen LogP contribution in [-0.2, 0) is 12.1 Å². The van der Waals surface area contributed by atoms with E-state index in [1.165, 1.54) is 23.5 Å². The minimum atomic E-state index is -0.545. The van der Waals surface area contributed by atoms with Crippen LogP contribution >= 0.6 is 11.3 Å². The summed E-state index contributed by atoms with van der Waals surface area (Å²) in [6, 6.07) is 3.80. The van der Waals surface area contributed by atoms with E-state index in [-0.39, 0.29) is 0 Å². The van der Waals surface area contributed by atoms with Gasteiger partial charge in [-0.25, -0.2) is 13.8 Å². The maximum Gasteiger partial charge on any atom is 0.180 e. The third-order valence-electron chi connectivity index (χ3n) is 3.83. The number of anilines is 1. The van der Waals surface area contributed by atoms with Gasteiger partial charge in [-0.15, -0.1) is 11.3 Å². The van der Waals surface area contributed by atoms with Crippen molar-refractivity contribution >= 4 is 16.5 Å². The summed E-state index contributed by atoms with van der Waals surface area (Å²) in [7, 11) is 0. The first kappa shape index (κ1) is 13.5. The Kier molecular flexibility index (Phi) is 3.43. The Morgan fingerprint density at radius 2 is 2.15 bits per heavy atom. The molecule has 1 aromatic carbocycles. The highest BCUT2D eigenvalue weighted by molar-refractivity contribution is 7.15. The van der Waals surface area contributed by atoms with Crippen LogP contribution in [0.2, 0.25) is 0 Å². The molecule has 0 unspecified atom stereocenters. The number of benzene rings is 1. The van der Waals surface area contributed by atoms with Crippen LogP contribution in [0.25, 0.3) is 0 Å². The average molecular weight is 295 g/mol. The second-order valence-corrected chi connectivity index (χ2v) is 6.22. The first-order valence-electron chi connectivity index (χ1n) is 6.50. The van der Waals surface area contributed by atoms with Gasteiger partial charge in [0.25, 0.3) is 0 Å². The molecule has 1 aromatic heterocycles. The number of rotatable bonds is 4. The normalized spacial score (nSPS) is 16.9. The molecule has 3 rings (SSSR count). The van der Waals surface area contributed by atoms with Crippen molar-refractivity contribution in [1.29, 1.82) is 0 Å². The Balaban J connectivity index is 1.80. The topological polar surface area (TPSA) is 50.9 Å². The van der Waals surface area contributed by atoms with Crippen molar-refractivity contribution in [3.05, 3.63) is 46.5 Å². The van der Waals surface area contributed by atoms with Crippen LogP contribution in [0, 0.1) is 11.6 Å². The van der Waals surface area contributed by atoms with E-state index in [2.05, 4.69) is 10.3 Å². The fourth-order valence-corrected chi connectivity index (χ4v) is 3.23. The first-order valence-corrected chi connectivity index (χ1v) is 7.31. The van der Waals surface area contributed by atoms with E-state index in [1.54, 1.807) is 6.20 Å². The molecule has 1 aliphatic carbocycles. The SMILES string of the molecule is Nc1ncc(CNC2(c3ccc(F)cc3F)CCC2)s1. The average Bonchev–Trinajstić information content (AvgIpc) is 2.76. The minimum Gasteiger partial charge on any atom is -0.375 e. The van der Waals surface area contributed by atoms with Crippen molar-refractivity contribution in [1.82, 2.24) is 10.3 Å². The molecule has 0 spiro atoms. The lowest BCUT2D eigenvalue weighted by molar-refractivity contribution is 0.177. The fraction of sp³-hybridized carbons (Fsp3) is 0.357. The van der Waals surface area contributed by atoms with Gasteiger partial charge in [-0.3, -0.25) is 0 Å². The van der Waals surface area contributed by atoms with Crippen LogP contribution in [0.3, 0.4) is 0 Å². The van der Waals surface area contributed by atoms with Gasteiger partial charge in [-0.1, -0.05) is 6.07 Å². The van der Waals surface area contributed by atoms with E-state index in [4.69, 9.17) is 5.73 Å². The molecule has 0 radical (unpaired) electrons. The van der Waals surface area contributed by atoms with Crippen molar-refractivity contribution in [3.8, 4) is 0 Å². The molecule has 0 saturated heterocycles. The summed E-state index contributed by atoms with van der Waals surface area (Å²) in [5, 5.41) is 3.92. The van der Waals surface area contributed by atoms with E-state index < -0.39 is 17.2 Å². The van der Waals surface area contributed by atoms with Gasteiger partial charge in [0.05, 0.1) is 0 Å².